The number of pyridine rings is 2. The Morgan fingerprint density at radius 3 is 2.85 bits per heavy atom. The number of fused-ring (bicyclic) bond motifs is 1. The number of nitrogens with two attached hydrogens (primary N) is 1. The number of hydrogen-bond donors (Lipinski definition) is 3. The van der Waals surface area contributed by atoms with Crippen LogP contribution < -0.4 is 16.5 Å². The first-order chi connectivity index (χ1) is 12.5. The molecule has 0 saturated heterocycles. The van der Waals surface area contributed by atoms with Crippen molar-refractivity contribution in [2.75, 3.05) is 11.1 Å². The van der Waals surface area contributed by atoms with Gasteiger partial charge in [0, 0.05) is 25.1 Å². The molecule has 2 aromatic heterocycles. The molecule has 132 valence electrons. The fourth-order valence-electron chi connectivity index (χ4n) is 2.45. The maximum absolute atomic E-state index is 11.0. The van der Waals surface area contributed by atoms with Crippen molar-refractivity contribution in [3.05, 3.63) is 59.9 Å². The van der Waals surface area contributed by atoms with Crippen LogP contribution in [0.2, 0.25) is 0 Å². The van der Waals surface area contributed by atoms with Gasteiger partial charge in [0.2, 0.25) is 5.91 Å². The first-order valence-corrected chi connectivity index (χ1v) is 8.18. The fraction of sp³-hybridized carbons (Fsp3) is 0.158. The van der Waals surface area contributed by atoms with Gasteiger partial charge in [-0.3, -0.25) is 9.78 Å². The van der Waals surface area contributed by atoms with Crippen LogP contribution in [0.25, 0.3) is 10.9 Å². The molecule has 0 aliphatic carbocycles. The summed E-state index contributed by atoms with van der Waals surface area (Å²) in [5, 5.41) is 8.33. The normalized spacial score (nSPS) is 11.4. The number of rotatable bonds is 5. The van der Waals surface area contributed by atoms with Gasteiger partial charge in [-0.25, -0.2) is 10.4 Å². The molecule has 0 bridgehead atoms. The smallest absolute Gasteiger partial charge is 0.236 e. The molecule has 7 nitrogen and oxygen atoms in total. The maximum Gasteiger partial charge on any atom is 0.236 e. The number of anilines is 2. The van der Waals surface area contributed by atoms with Crippen LogP contribution in [0.4, 0.5) is 11.5 Å². The molecule has 1 aromatic carbocycles. The van der Waals surface area contributed by atoms with Crippen molar-refractivity contribution in [2.45, 2.75) is 20.4 Å². The van der Waals surface area contributed by atoms with Gasteiger partial charge in [0.15, 0.2) is 0 Å². The molecule has 0 radical (unpaired) electrons. The summed E-state index contributed by atoms with van der Waals surface area (Å²) in [4.78, 5) is 19.8. The lowest BCUT2D eigenvalue weighted by Crippen LogP contribution is -2.16. The molecular formula is C19H20N6O. The van der Waals surface area contributed by atoms with Gasteiger partial charge in [-0.1, -0.05) is 12.1 Å². The molecule has 0 saturated carbocycles. The molecule has 2 heterocycles. The van der Waals surface area contributed by atoms with Gasteiger partial charge in [0.1, 0.15) is 5.82 Å². The van der Waals surface area contributed by atoms with Gasteiger partial charge < -0.3 is 11.1 Å². The number of benzene rings is 1. The molecule has 4 N–H and O–H groups in total. The van der Waals surface area contributed by atoms with Gasteiger partial charge in [-0.05, 0) is 42.8 Å². The van der Waals surface area contributed by atoms with Crippen LogP contribution in [0.1, 0.15) is 25.1 Å². The minimum absolute atomic E-state index is 0.232. The second-order valence-electron chi connectivity index (χ2n) is 5.88. The molecule has 0 atom stereocenters. The van der Waals surface area contributed by atoms with E-state index in [0.29, 0.717) is 29.5 Å². The Balaban J connectivity index is 1.77. The zero-order valence-electron chi connectivity index (χ0n) is 14.7. The number of hydrogen-bond acceptors (Lipinski definition) is 6. The first kappa shape index (κ1) is 17.3. The molecule has 0 aliphatic rings. The third kappa shape index (κ3) is 4.13. The van der Waals surface area contributed by atoms with Crippen molar-refractivity contribution in [1.82, 2.24) is 15.4 Å². The SMILES string of the molecule is CC(=O)NN=C(C)c1ccc(N)c(NCc2ccc3ncccc3c2)n1. The van der Waals surface area contributed by atoms with E-state index in [1.165, 1.54) is 6.92 Å². The second-order valence-corrected chi connectivity index (χ2v) is 5.88. The average Bonchev–Trinajstić information content (AvgIpc) is 2.65. The summed E-state index contributed by atoms with van der Waals surface area (Å²) in [6, 6.07) is 13.6. The van der Waals surface area contributed by atoms with Crippen LogP contribution in [0.5, 0.6) is 0 Å². The largest absolute Gasteiger partial charge is 0.396 e. The van der Waals surface area contributed by atoms with Crippen molar-refractivity contribution in [3.63, 3.8) is 0 Å². The second kappa shape index (κ2) is 7.60. The number of aromatic nitrogens is 2. The minimum atomic E-state index is -0.232. The van der Waals surface area contributed by atoms with E-state index < -0.39 is 0 Å². The van der Waals surface area contributed by atoms with Crippen LogP contribution in [0, 0.1) is 0 Å². The quantitative estimate of drug-likeness (QED) is 0.486. The summed E-state index contributed by atoms with van der Waals surface area (Å²) >= 11 is 0. The summed E-state index contributed by atoms with van der Waals surface area (Å²) in [6.07, 6.45) is 1.78. The molecule has 7 heteroatoms. The Kier molecular flexibility index (Phi) is 5.07. The van der Waals surface area contributed by atoms with E-state index in [9.17, 15) is 4.79 Å². The lowest BCUT2D eigenvalue weighted by atomic mass is 10.1. The molecule has 1 amide bonds. The zero-order valence-corrected chi connectivity index (χ0v) is 14.7. The van der Waals surface area contributed by atoms with E-state index in [4.69, 9.17) is 5.73 Å². The van der Waals surface area contributed by atoms with Crippen molar-refractivity contribution in [3.8, 4) is 0 Å². The fourth-order valence-corrected chi connectivity index (χ4v) is 2.45. The highest BCUT2D eigenvalue weighted by Gasteiger charge is 2.06. The third-order valence-corrected chi connectivity index (χ3v) is 3.81. The summed E-state index contributed by atoms with van der Waals surface area (Å²) in [5.74, 6) is 0.343. The highest BCUT2D eigenvalue weighted by Crippen LogP contribution is 2.19. The lowest BCUT2D eigenvalue weighted by Gasteiger charge is -2.11. The van der Waals surface area contributed by atoms with Crippen molar-refractivity contribution < 1.29 is 4.79 Å². The van der Waals surface area contributed by atoms with Crippen LogP contribution in [0.3, 0.4) is 0 Å². The van der Waals surface area contributed by atoms with Crippen molar-refractivity contribution in [1.29, 1.82) is 0 Å². The Morgan fingerprint density at radius 2 is 2.04 bits per heavy atom. The molecule has 3 rings (SSSR count). The van der Waals surface area contributed by atoms with Crippen LogP contribution in [0.15, 0.2) is 53.8 Å². The minimum Gasteiger partial charge on any atom is -0.396 e. The van der Waals surface area contributed by atoms with E-state index in [-0.39, 0.29) is 5.91 Å². The lowest BCUT2D eigenvalue weighted by molar-refractivity contribution is -0.118. The van der Waals surface area contributed by atoms with Gasteiger partial charge >= 0.3 is 0 Å². The average molecular weight is 348 g/mol. The predicted octanol–water partition coefficient (Wildman–Crippen LogP) is 2.68. The number of nitrogens with one attached hydrogen (secondary N) is 2. The van der Waals surface area contributed by atoms with Gasteiger partial charge in [-0.15, -0.1) is 0 Å². The molecule has 26 heavy (non-hydrogen) atoms. The summed E-state index contributed by atoms with van der Waals surface area (Å²) in [7, 11) is 0. The molecule has 0 unspecified atom stereocenters. The van der Waals surface area contributed by atoms with Crippen LogP contribution >= 0.6 is 0 Å². The molecule has 0 fully saturated rings. The molecule has 0 aliphatic heterocycles. The Bertz CT molecular complexity index is 983. The third-order valence-electron chi connectivity index (χ3n) is 3.81. The predicted molar refractivity (Wildman–Crippen MR) is 104 cm³/mol. The number of amides is 1. The Morgan fingerprint density at radius 1 is 1.19 bits per heavy atom. The summed E-state index contributed by atoms with van der Waals surface area (Å²) in [5.41, 5.74) is 12.3. The van der Waals surface area contributed by atoms with E-state index in [2.05, 4.69) is 31.9 Å². The first-order valence-electron chi connectivity index (χ1n) is 8.18. The van der Waals surface area contributed by atoms with Crippen LogP contribution in [-0.4, -0.2) is 21.6 Å². The van der Waals surface area contributed by atoms with Gasteiger partial charge in [-0.2, -0.15) is 5.10 Å². The number of nitrogen functional groups attached to an aromatic ring is 1. The number of carbonyl (C=O) groups excluding carboxylic acids is 1. The van der Waals surface area contributed by atoms with Crippen molar-refractivity contribution >= 4 is 34.0 Å². The number of nitrogens with zero attached hydrogens (tertiary/aromatic N) is 3. The highest BCUT2D eigenvalue weighted by molar-refractivity contribution is 5.98. The van der Waals surface area contributed by atoms with Crippen LogP contribution in [-0.2, 0) is 11.3 Å². The van der Waals surface area contributed by atoms with Gasteiger partial charge in [0.05, 0.1) is 22.6 Å². The van der Waals surface area contributed by atoms with Crippen molar-refractivity contribution in [2.24, 2.45) is 5.10 Å². The Labute approximate surface area is 151 Å². The standard InChI is InChI=1S/C19H20N6O/c1-12(24-25-13(2)26)17-8-6-16(20)19(23-17)22-11-14-5-7-18-15(10-14)4-3-9-21-18/h3-10H,11,20H2,1-2H3,(H,22,23)(H,25,26). The molecule has 3 aromatic rings. The van der Waals surface area contributed by atoms with E-state index in [1.54, 1.807) is 25.3 Å². The van der Waals surface area contributed by atoms with Gasteiger partial charge in [0.25, 0.3) is 0 Å². The zero-order chi connectivity index (χ0) is 18.5. The molecular weight excluding hydrogens is 328 g/mol. The molecule has 0 spiro atoms. The number of hydrazone groups is 1. The van der Waals surface area contributed by atoms with E-state index in [0.717, 1.165) is 16.5 Å². The summed E-state index contributed by atoms with van der Waals surface area (Å²) < 4.78 is 0. The highest BCUT2D eigenvalue weighted by atomic mass is 16.2. The summed E-state index contributed by atoms with van der Waals surface area (Å²) in [6.45, 7) is 3.75. The van der Waals surface area contributed by atoms with E-state index in [1.807, 2.05) is 24.3 Å². The maximum atomic E-state index is 11.0. The Hall–Kier alpha value is -3.48. The topological polar surface area (TPSA) is 105 Å². The number of carbonyl (C=O) groups is 1. The van der Waals surface area contributed by atoms with E-state index >= 15 is 0 Å². The monoisotopic (exact) mass is 348 g/mol.